The van der Waals surface area contributed by atoms with Gasteiger partial charge in [0.25, 0.3) is 0 Å². The number of para-hydroxylation sites is 1. The van der Waals surface area contributed by atoms with Crippen LogP contribution < -0.4 is 10.0 Å². The quantitative estimate of drug-likeness (QED) is 0.552. The minimum absolute atomic E-state index is 0.269. The van der Waals surface area contributed by atoms with Gasteiger partial charge in [0.2, 0.25) is 0 Å². The number of aromatic carboxylic acids is 1. The van der Waals surface area contributed by atoms with E-state index in [2.05, 4.69) is 49.4 Å². The molecular weight excluding hydrogens is 396 g/mol. The van der Waals surface area contributed by atoms with Crippen LogP contribution in [0.2, 0.25) is 0 Å². The van der Waals surface area contributed by atoms with Gasteiger partial charge in [-0.3, -0.25) is 0 Å². The maximum absolute atomic E-state index is 12.3. The topological polar surface area (TPSA) is 57.5 Å². The summed E-state index contributed by atoms with van der Waals surface area (Å²) in [6, 6.07) is 26.1. The van der Waals surface area contributed by atoms with Crippen LogP contribution in [-0.2, 0) is 13.1 Å². The summed E-state index contributed by atoms with van der Waals surface area (Å²) in [6.07, 6.45) is 2.14. The number of rotatable bonds is 4. The lowest BCUT2D eigenvalue weighted by atomic mass is 9.91. The number of aryl methyl sites for hydroxylation is 1. The molecule has 5 rings (SSSR count). The summed E-state index contributed by atoms with van der Waals surface area (Å²) in [5.41, 5.74) is 7.06. The molecule has 1 unspecified atom stereocenters. The summed E-state index contributed by atoms with van der Waals surface area (Å²) in [4.78, 5) is 18.5. The van der Waals surface area contributed by atoms with E-state index in [1.807, 2.05) is 42.5 Å². The third kappa shape index (κ3) is 3.93. The van der Waals surface area contributed by atoms with Crippen LogP contribution in [0.15, 0.2) is 78.9 Å². The van der Waals surface area contributed by atoms with Crippen LogP contribution in [0.1, 0.15) is 38.3 Å². The molecule has 1 aliphatic heterocycles. The van der Waals surface area contributed by atoms with Crippen molar-refractivity contribution in [1.29, 1.82) is 0 Å². The number of carboxylic acid groups (broad SMARTS) is 1. The number of hydrogen-bond donors (Lipinski definition) is 1. The Bertz CT molecular complexity index is 1330. The Morgan fingerprint density at radius 1 is 0.969 bits per heavy atom. The number of carboxylic acids is 1. The number of carbonyl (C=O) groups is 1. The third-order valence-corrected chi connectivity index (χ3v) is 6.08. The average Bonchev–Trinajstić information content (AvgIpc) is 2.80. The number of nitrogens with zero attached hydrogens (tertiary/aromatic N) is 1. The maximum atomic E-state index is 12.3. The molecule has 0 amide bonds. The molecule has 1 atom stereocenters. The number of pyridine rings is 1. The Labute approximate surface area is 187 Å². The number of fused-ring (bicyclic) bond motifs is 2. The molecule has 3 aromatic carbocycles. The van der Waals surface area contributed by atoms with Gasteiger partial charge in [-0.2, -0.15) is 0 Å². The second-order valence-electron chi connectivity index (χ2n) is 8.46. The molecule has 4 nitrogen and oxygen atoms in total. The highest BCUT2D eigenvalue weighted by Gasteiger charge is 2.29. The first-order valence-electron chi connectivity index (χ1n) is 10.9. The van der Waals surface area contributed by atoms with Gasteiger partial charge in [0, 0.05) is 27.6 Å². The molecule has 4 aromatic rings. The highest BCUT2D eigenvalue weighted by atomic mass is 16.4. The fourth-order valence-corrected chi connectivity index (χ4v) is 4.58. The van der Waals surface area contributed by atoms with E-state index in [-0.39, 0.29) is 5.56 Å². The van der Waals surface area contributed by atoms with Gasteiger partial charge in [0.15, 0.2) is 0 Å². The Kier molecular flexibility index (Phi) is 5.29. The van der Waals surface area contributed by atoms with Gasteiger partial charge in [-0.1, -0.05) is 78.4 Å². The molecule has 158 valence electrons. The molecule has 0 saturated heterocycles. The Balaban J connectivity index is 1.68. The molecule has 0 radical (unpaired) electrons. The van der Waals surface area contributed by atoms with Crippen molar-refractivity contribution in [3.8, 4) is 0 Å². The third-order valence-electron chi connectivity index (χ3n) is 6.08. The smallest absolute Gasteiger partial charge is 0.106 e. The first-order chi connectivity index (χ1) is 15.6. The largest absolute Gasteiger partial charge is 0.545 e. The van der Waals surface area contributed by atoms with Crippen molar-refractivity contribution < 1.29 is 14.8 Å². The number of nitrogens with one attached hydrogen (secondary N) is 1. The molecule has 0 saturated carbocycles. The van der Waals surface area contributed by atoms with Gasteiger partial charge in [-0.25, -0.2) is 4.98 Å². The van der Waals surface area contributed by atoms with E-state index in [4.69, 9.17) is 4.98 Å². The fraction of sp³-hybridized carbons (Fsp3) is 0.143. The number of carbonyl (C=O) groups excluding carboxylic acids is 1. The summed E-state index contributed by atoms with van der Waals surface area (Å²) in [5, 5.41) is 12.9. The van der Waals surface area contributed by atoms with Gasteiger partial charge in [-0.05, 0) is 24.6 Å². The number of quaternary nitrogens is 1. The second-order valence-corrected chi connectivity index (χ2v) is 8.46. The van der Waals surface area contributed by atoms with E-state index in [1.54, 1.807) is 0 Å². The summed E-state index contributed by atoms with van der Waals surface area (Å²) in [6.45, 7) is 4.24. The lowest BCUT2D eigenvalue weighted by Crippen LogP contribution is -3.10. The minimum Gasteiger partial charge on any atom is -0.545 e. The summed E-state index contributed by atoms with van der Waals surface area (Å²) in [7, 11) is 0. The van der Waals surface area contributed by atoms with Crippen molar-refractivity contribution in [3.63, 3.8) is 0 Å². The van der Waals surface area contributed by atoms with E-state index >= 15 is 0 Å². The zero-order chi connectivity index (χ0) is 22.1. The van der Waals surface area contributed by atoms with E-state index in [1.165, 1.54) is 16.0 Å². The molecule has 1 aliphatic rings. The van der Waals surface area contributed by atoms with Crippen LogP contribution in [0.25, 0.3) is 22.6 Å². The van der Waals surface area contributed by atoms with Crippen LogP contribution in [0.4, 0.5) is 0 Å². The molecule has 32 heavy (non-hydrogen) atoms. The monoisotopic (exact) mass is 420 g/mol. The SMILES string of the molecule is Cc1ccc(/C=C2\C[NH+](Cc3ccccc3)Cc3c2nc2ccccc2c3C(=O)[O-])cc1. The molecule has 0 fully saturated rings. The zero-order valence-electron chi connectivity index (χ0n) is 18.0. The van der Waals surface area contributed by atoms with Crippen molar-refractivity contribution in [1.82, 2.24) is 4.98 Å². The van der Waals surface area contributed by atoms with Crippen molar-refractivity contribution >= 4 is 28.5 Å². The van der Waals surface area contributed by atoms with Gasteiger partial charge in [-0.15, -0.1) is 0 Å². The second kappa shape index (κ2) is 8.40. The Morgan fingerprint density at radius 3 is 2.44 bits per heavy atom. The van der Waals surface area contributed by atoms with E-state index in [0.29, 0.717) is 17.4 Å². The maximum Gasteiger partial charge on any atom is 0.106 e. The van der Waals surface area contributed by atoms with Crippen LogP contribution in [0.3, 0.4) is 0 Å². The van der Waals surface area contributed by atoms with Crippen molar-refractivity contribution in [2.45, 2.75) is 20.0 Å². The summed E-state index contributed by atoms with van der Waals surface area (Å²) >= 11 is 0. The minimum atomic E-state index is -1.14. The molecule has 0 aliphatic carbocycles. The Morgan fingerprint density at radius 2 is 1.69 bits per heavy atom. The highest BCUT2D eigenvalue weighted by Crippen LogP contribution is 2.30. The predicted octanol–water partition coefficient (Wildman–Crippen LogP) is 3.05. The van der Waals surface area contributed by atoms with E-state index < -0.39 is 5.97 Å². The number of hydrogen-bond acceptors (Lipinski definition) is 3. The van der Waals surface area contributed by atoms with Crippen LogP contribution in [0.5, 0.6) is 0 Å². The van der Waals surface area contributed by atoms with Crippen LogP contribution in [0, 0.1) is 6.92 Å². The van der Waals surface area contributed by atoms with Crippen molar-refractivity contribution in [2.24, 2.45) is 0 Å². The van der Waals surface area contributed by atoms with E-state index in [9.17, 15) is 9.90 Å². The number of aromatic nitrogens is 1. The molecule has 0 bridgehead atoms. The normalized spacial score (nSPS) is 16.8. The van der Waals surface area contributed by atoms with Gasteiger partial charge >= 0.3 is 0 Å². The highest BCUT2D eigenvalue weighted by molar-refractivity contribution is 6.05. The molecule has 4 heteroatoms. The first kappa shape index (κ1) is 20.2. The predicted molar refractivity (Wildman–Crippen MR) is 125 cm³/mol. The van der Waals surface area contributed by atoms with Crippen molar-refractivity contribution in [2.75, 3.05) is 6.54 Å². The summed E-state index contributed by atoms with van der Waals surface area (Å²) < 4.78 is 0. The number of benzene rings is 3. The molecular formula is C28H24N2O2. The average molecular weight is 421 g/mol. The summed E-state index contributed by atoms with van der Waals surface area (Å²) in [5.74, 6) is -1.14. The van der Waals surface area contributed by atoms with Crippen LogP contribution >= 0.6 is 0 Å². The molecule has 1 aromatic heterocycles. The lowest BCUT2D eigenvalue weighted by Gasteiger charge is -2.30. The van der Waals surface area contributed by atoms with Crippen LogP contribution in [-0.4, -0.2) is 17.5 Å². The Hall–Kier alpha value is -3.76. The standard InChI is InChI=1S/C28H24N2O2/c1-19-11-13-20(14-12-19)15-22-17-30(16-21-7-3-2-4-8-21)18-24-26(28(31)32)23-9-5-6-10-25(23)29-27(22)24/h2-15H,16-18H2,1H3,(H,31,32)/b22-15+. The van der Waals surface area contributed by atoms with Gasteiger partial charge in [0.05, 0.1) is 17.2 Å². The van der Waals surface area contributed by atoms with Gasteiger partial charge in [0.1, 0.15) is 19.6 Å². The first-order valence-corrected chi connectivity index (χ1v) is 10.9. The lowest BCUT2D eigenvalue weighted by molar-refractivity contribution is -0.921. The molecule has 1 N–H and O–H groups in total. The fourth-order valence-electron chi connectivity index (χ4n) is 4.58. The van der Waals surface area contributed by atoms with Crippen molar-refractivity contribution in [3.05, 3.63) is 112 Å². The zero-order valence-corrected chi connectivity index (χ0v) is 18.0. The molecule has 2 heterocycles. The van der Waals surface area contributed by atoms with E-state index in [0.717, 1.165) is 35.5 Å². The van der Waals surface area contributed by atoms with Gasteiger partial charge < -0.3 is 14.8 Å². The molecule has 0 spiro atoms.